The van der Waals surface area contributed by atoms with Crippen LogP contribution >= 0.6 is 11.3 Å². The van der Waals surface area contributed by atoms with Crippen LogP contribution < -0.4 is 10.1 Å². The number of likely N-dealkylation sites (N-methyl/N-ethyl adjacent to an activating group) is 1. The van der Waals surface area contributed by atoms with Gasteiger partial charge in [0, 0.05) is 6.04 Å². The Balaban J connectivity index is 2.28. The van der Waals surface area contributed by atoms with Crippen LogP contribution in [0, 0.1) is 11.6 Å². The molecule has 0 amide bonds. The van der Waals surface area contributed by atoms with Crippen molar-refractivity contribution < 1.29 is 13.5 Å². The fourth-order valence-electron chi connectivity index (χ4n) is 2.16. The number of nitrogens with one attached hydrogen (secondary N) is 1. The molecule has 108 valence electrons. The van der Waals surface area contributed by atoms with Gasteiger partial charge < -0.3 is 10.1 Å². The van der Waals surface area contributed by atoms with Gasteiger partial charge in [0.25, 0.3) is 0 Å². The van der Waals surface area contributed by atoms with Crippen LogP contribution in [0.15, 0.2) is 29.6 Å². The summed E-state index contributed by atoms with van der Waals surface area (Å²) in [6.45, 7) is 2.72. The quantitative estimate of drug-likeness (QED) is 0.872. The van der Waals surface area contributed by atoms with Crippen molar-refractivity contribution in [2.45, 2.75) is 19.4 Å². The van der Waals surface area contributed by atoms with E-state index in [4.69, 9.17) is 4.74 Å². The molecule has 2 nitrogen and oxygen atoms in total. The van der Waals surface area contributed by atoms with Gasteiger partial charge in [0.1, 0.15) is 5.75 Å². The first-order valence-corrected chi connectivity index (χ1v) is 7.33. The van der Waals surface area contributed by atoms with E-state index in [9.17, 15) is 8.78 Å². The Morgan fingerprint density at radius 2 is 2.10 bits per heavy atom. The summed E-state index contributed by atoms with van der Waals surface area (Å²) in [5, 5.41) is 5.23. The largest absolute Gasteiger partial charge is 0.496 e. The van der Waals surface area contributed by atoms with E-state index in [0.717, 1.165) is 23.2 Å². The van der Waals surface area contributed by atoms with Gasteiger partial charge in [0.15, 0.2) is 11.6 Å². The molecule has 1 aromatic heterocycles. The fourth-order valence-corrected chi connectivity index (χ4v) is 3.10. The summed E-state index contributed by atoms with van der Waals surface area (Å²) in [4.78, 5) is 0.998. The van der Waals surface area contributed by atoms with Crippen LogP contribution in [-0.4, -0.2) is 13.7 Å². The van der Waals surface area contributed by atoms with Crippen LogP contribution in [0.5, 0.6) is 5.75 Å². The summed E-state index contributed by atoms with van der Waals surface area (Å²) >= 11 is 1.55. The third-order valence-electron chi connectivity index (χ3n) is 3.10. The molecule has 0 spiro atoms. The zero-order chi connectivity index (χ0) is 14.5. The van der Waals surface area contributed by atoms with Gasteiger partial charge in [-0.3, -0.25) is 0 Å². The lowest BCUT2D eigenvalue weighted by Gasteiger charge is -2.18. The smallest absolute Gasteiger partial charge is 0.162 e. The molecule has 0 saturated heterocycles. The van der Waals surface area contributed by atoms with Crippen LogP contribution in [0.2, 0.25) is 0 Å². The summed E-state index contributed by atoms with van der Waals surface area (Å²) < 4.78 is 32.4. The lowest BCUT2D eigenvalue weighted by molar-refractivity contribution is 0.402. The number of methoxy groups -OCH3 is 1. The zero-order valence-corrected chi connectivity index (χ0v) is 12.3. The summed E-state index contributed by atoms with van der Waals surface area (Å²) in [5.41, 5.74) is 0.367. The highest BCUT2D eigenvalue weighted by atomic mass is 32.1. The average Bonchev–Trinajstić information content (AvgIpc) is 2.91. The molecule has 20 heavy (non-hydrogen) atoms. The summed E-state index contributed by atoms with van der Waals surface area (Å²) in [7, 11) is 1.61. The second-order valence-electron chi connectivity index (χ2n) is 4.38. The summed E-state index contributed by atoms with van der Waals surface area (Å²) in [6, 6.07) is 6.07. The Morgan fingerprint density at radius 3 is 2.80 bits per heavy atom. The highest BCUT2D eigenvalue weighted by Gasteiger charge is 2.19. The van der Waals surface area contributed by atoms with Crippen molar-refractivity contribution in [3.63, 3.8) is 0 Å². The number of benzene rings is 1. The van der Waals surface area contributed by atoms with E-state index in [1.165, 1.54) is 6.07 Å². The van der Waals surface area contributed by atoms with Gasteiger partial charge in [-0.2, -0.15) is 0 Å². The van der Waals surface area contributed by atoms with Crippen molar-refractivity contribution in [3.05, 3.63) is 51.7 Å². The topological polar surface area (TPSA) is 21.3 Å². The van der Waals surface area contributed by atoms with Crippen LogP contribution in [0.1, 0.15) is 23.4 Å². The number of hydrogen-bond donors (Lipinski definition) is 1. The summed E-state index contributed by atoms with van der Waals surface area (Å²) in [6.07, 6.45) is 0.383. The lowest BCUT2D eigenvalue weighted by Crippen LogP contribution is -2.23. The fraction of sp³-hybridized carbons (Fsp3) is 0.333. The van der Waals surface area contributed by atoms with E-state index in [2.05, 4.69) is 5.32 Å². The minimum atomic E-state index is -0.809. The molecular weight excluding hydrogens is 280 g/mol. The molecular formula is C15H17F2NOS. The SMILES string of the molecule is CCNC(Cc1cccc(F)c1F)c1sccc1OC. The number of rotatable bonds is 6. The number of hydrogen-bond acceptors (Lipinski definition) is 3. The van der Waals surface area contributed by atoms with Crippen molar-refractivity contribution >= 4 is 11.3 Å². The molecule has 0 aliphatic rings. The molecule has 1 atom stereocenters. The monoisotopic (exact) mass is 297 g/mol. The number of ether oxygens (including phenoxy) is 1. The Hall–Kier alpha value is -1.46. The normalized spacial score (nSPS) is 12.4. The van der Waals surface area contributed by atoms with E-state index in [1.54, 1.807) is 24.5 Å². The maximum Gasteiger partial charge on any atom is 0.162 e. The standard InChI is InChI=1S/C15H17F2NOS/c1-3-18-12(15-13(19-2)7-8-20-15)9-10-5-4-6-11(16)14(10)17/h4-8,12,18H,3,9H2,1-2H3. The van der Waals surface area contributed by atoms with E-state index >= 15 is 0 Å². The average molecular weight is 297 g/mol. The van der Waals surface area contributed by atoms with Gasteiger partial charge in [-0.1, -0.05) is 19.1 Å². The second kappa shape index (κ2) is 6.81. The predicted octanol–water partition coefficient (Wildman–Crippen LogP) is 3.93. The van der Waals surface area contributed by atoms with Crippen LogP contribution in [0.25, 0.3) is 0 Å². The molecule has 1 heterocycles. The predicted molar refractivity (Wildman–Crippen MR) is 77.4 cm³/mol. The molecule has 2 rings (SSSR count). The molecule has 0 fully saturated rings. The van der Waals surface area contributed by atoms with Crippen molar-refractivity contribution in [3.8, 4) is 5.75 Å². The van der Waals surface area contributed by atoms with Gasteiger partial charge in [-0.05, 0) is 36.0 Å². The molecule has 2 aromatic rings. The molecule has 1 aromatic carbocycles. The molecule has 0 saturated carbocycles. The maximum absolute atomic E-state index is 13.8. The van der Waals surface area contributed by atoms with Gasteiger partial charge in [-0.25, -0.2) is 8.78 Å². The van der Waals surface area contributed by atoms with Gasteiger partial charge in [0.05, 0.1) is 12.0 Å². The van der Waals surface area contributed by atoms with Crippen molar-refractivity contribution in [2.75, 3.05) is 13.7 Å². The number of thiophene rings is 1. The third-order valence-corrected chi connectivity index (χ3v) is 4.11. The lowest BCUT2D eigenvalue weighted by atomic mass is 10.0. The van der Waals surface area contributed by atoms with Crippen molar-refractivity contribution in [1.29, 1.82) is 0 Å². The first-order chi connectivity index (χ1) is 9.67. The van der Waals surface area contributed by atoms with Crippen LogP contribution in [-0.2, 0) is 6.42 Å². The molecule has 0 bridgehead atoms. The highest BCUT2D eigenvalue weighted by Crippen LogP contribution is 2.33. The molecule has 0 radical (unpaired) electrons. The van der Waals surface area contributed by atoms with Crippen molar-refractivity contribution in [1.82, 2.24) is 5.32 Å². The number of halogens is 2. The Bertz CT molecular complexity index is 571. The molecule has 0 aliphatic heterocycles. The third kappa shape index (κ3) is 3.16. The Kier molecular flexibility index (Phi) is 5.09. The molecule has 5 heteroatoms. The first-order valence-electron chi connectivity index (χ1n) is 6.45. The van der Waals surface area contributed by atoms with E-state index in [1.807, 2.05) is 18.4 Å². The minimum absolute atomic E-state index is 0.0914. The van der Waals surface area contributed by atoms with E-state index in [0.29, 0.717) is 12.0 Å². The highest BCUT2D eigenvalue weighted by molar-refractivity contribution is 7.10. The molecule has 1 unspecified atom stereocenters. The molecule has 1 N–H and O–H groups in total. The van der Waals surface area contributed by atoms with Crippen molar-refractivity contribution in [2.24, 2.45) is 0 Å². The van der Waals surface area contributed by atoms with Gasteiger partial charge >= 0.3 is 0 Å². The Morgan fingerprint density at radius 1 is 1.30 bits per heavy atom. The van der Waals surface area contributed by atoms with E-state index in [-0.39, 0.29) is 6.04 Å². The first kappa shape index (κ1) is 14.9. The second-order valence-corrected chi connectivity index (χ2v) is 5.33. The van der Waals surface area contributed by atoms with Gasteiger partial charge in [-0.15, -0.1) is 11.3 Å². The van der Waals surface area contributed by atoms with Gasteiger partial charge in [0.2, 0.25) is 0 Å². The maximum atomic E-state index is 13.8. The minimum Gasteiger partial charge on any atom is -0.496 e. The van der Waals surface area contributed by atoms with Crippen LogP contribution in [0.3, 0.4) is 0 Å². The molecule has 0 aliphatic carbocycles. The van der Waals surface area contributed by atoms with Crippen LogP contribution in [0.4, 0.5) is 8.78 Å². The van der Waals surface area contributed by atoms with E-state index < -0.39 is 11.6 Å². The zero-order valence-electron chi connectivity index (χ0n) is 11.5. The Labute approximate surface area is 121 Å². The summed E-state index contributed by atoms with van der Waals surface area (Å²) in [5.74, 6) is -0.806.